The summed E-state index contributed by atoms with van der Waals surface area (Å²) in [6.07, 6.45) is 1.76. The SMILES string of the molecule is COc1ccc(-c2nc3c4c(C)c(C)n(CC[NH+](C)C)c4ncn3n2)cc1. The summed E-state index contributed by atoms with van der Waals surface area (Å²) in [6, 6.07) is 7.79. The topological polar surface area (TPSA) is 61.7 Å². The highest BCUT2D eigenvalue weighted by atomic mass is 16.5. The number of nitrogens with one attached hydrogen (secondary N) is 1. The smallest absolute Gasteiger partial charge is 0.182 e. The third-order valence-corrected chi connectivity index (χ3v) is 5.13. The first-order valence-electron chi connectivity index (χ1n) is 9.14. The van der Waals surface area contributed by atoms with Gasteiger partial charge in [0.05, 0.1) is 39.7 Å². The lowest BCUT2D eigenvalue weighted by Crippen LogP contribution is -3.06. The molecule has 0 saturated heterocycles. The molecule has 1 N–H and O–H groups in total. The number of ether oxygens (including phenoxy) is 1. The lowest BCUT2D eigenvalue weighted by atomic mass is 10.2. The lowest BCUT2D eigenvalue weighted by Gasteiger charge is -2.10. The van der Waals surface area contributed by atoms with Gasteiger partial charge in [-0.2, -0.15) is 0 Å². The van der Waals surface area contributed by atoms with E-state index in [9.17, 15) is 0 Å². The quantitative estimate of drug-likeness (QED) is 0.582. The van der Waals surface area contributed by atoms with Gasteiger partial charge in [0.15, 0.2) is 11.5 Å². The van der Waals surface area contributed by atoms with Crippen molar-refractivity contribution in [1.82, 2.24) is 24.1 Å². The van der Waals surface area contributed by atoms with E-state index in [2.05, 4.69) is 37.6 Å². The van der Waals surface area contributed by atoms with Crippen molar-refractivity contribution >= 4 is 16.7 Å². The van der Waals surface area contributed by atoms with Crippen LogP contribution in [0.25, 0.3) is 28.1 Å². The minimum absolute atomic E-state index is 0.689. The second-order valence-corrected chi connectivity index (χ2v) is 7.19. The first kappa shape index (κ1) is 17.5. The van der Waals surface area contributed by atoms with Gasteiger partial charge in [-0.05, 0) is 43.7 Å². The molecule has 0 bridgehead atoms. The summed E-state index contributed by atoms with van der Waals surface area (Å²) in [4.78, 5) is 10.9. The standard InChI is InChI=1S/C20H24N6O/c1-13-14(2)25(11-10-24(3)4)19-17(13)20-22-18(23-26(20)12-21-19)15-6-8-16(27-5)9-7-15/h6-9,12H,10-11H2,1-5H3/p+1. The Morgan fingerprint density at radius 2 is 1.81 bits per heavy atom. The van der Waals surface area contributed by atoms with E-state index in [1.807, 2.05) is 24.3 Å². The Morgan fingerprint density at radius 3 is 2.48 bits per heavy atom. The van der Waals surface area contributed by atoms with E-state index in [-0.39, 0.29) is 0 Å². The second kappa shape index (κ2) is 6.66. The Bertz CT molecular complexity index is 1110. The minimum Gasteiger partial charge on any atom is -0.497 e. The Kier molecular flexibility index (Phi) is 4.31. The van der Waals surface area contributed by atoms with Crippen LogP contribution in [0.15, 0.2) is 30.6 Å². The fourth-order valence-electron chi connectivity index (χ4n) is 3.40. The van der Waals surface area contributed by atoms with Crippen LogP contribution in [0.4, 0.5) is 0 Å². The number of aromatic nitrogens is 5. The van der Waals surface area contributed by atoms with E-state index in [0.717, 1.165) is 41.1 Å². The van der Waals surface area contributed by atoms with Crippen LogP contribution in [-0.2, 0) is 6.54 Å². The maximum Gasteiger partial charge on any atom is 0.182 e. The monoisotopic (exact) mass is 365 g/mol. The average Bonchev–Trinajstić information content (AvgIpc) is 3.20. The van der Waals surface area contributed by atoms with Gasteiger partial charge in [-0.1, -0.05) is 0 Å². The Hall–Kier alpha value is -2.93. The van der Waals surface area contributed by atoms with Crippen molar-refractivity contribution in [3.8, 4) is 17.1 Å². The van der Waals surface area contributed by atoms with Crippen molar-refractivity contribution in [2.75, 3.05) is 27.7 Å². The van der Waals surface area contributed by atoms with Gasteiger partial charge in [0, 0.05) is 11.3 Å². The van der Waals surface area contributed by atoms with Gasteiger partial charge < -0.3 is 14.2 Å². The van der Waals surface area contributed by atoms with Crippen LogP contribution in [0.1, 0.15) is 11.3 Å². The third-order valence-electron chi connectivity index (χ3n) is 5.13. The van der Waals surface area contributed by atoms with E-state index >= 15 is 0 Å². The van der Waals surface area contributed by atoms with Crippen molar-refractivity contribution < 1.29 is 9.64 Å². The molecule has 4 aromatic rings. The van der Waals surface area contributed by atoms with Crippen LogP contribution in [0.5, 0.6) is 5.75 Å². The fraction of sp³-hybridized carbons (Fsp3) is 0.350. The lowest BCUT2D eigenvalue weighted by molar-refractivity contribution is -0.858. The van der Waals surface area contributed by atoms with Crippen LogP contribution in [-0.4, -0.2) is 51.9 Å². The summed E-state index contributed by atoms with van der Waals surface area (Å²) >= 11 is 0. The highest BCUT2D eigenvalue weighted by Crippen LogP contribution is 2.28. The molecule has 3 aromatic heterocycles. The Balaban J connectivity index is 1.85. The number of nitrogens with zero attached hydrogens (tertiary/aromatic N) is 5. The van der Waals surface area contributed by atoms with E-state index in [1.54, 1.807) is 18.0 Å². The Morgan fingerprint density at radius 1 is 1.07 bits per heavy atom. The molecule has 0 unspecified atom stereocenters. The van der Waals surface area contributed by atoms with Crippen LogP contribution >= 0.6 is 0 Å². The van der Waals surface area contributed by atoms with Crippen molar-refractivity contribution in [3.05, 3.63) is 41.9 Å². The van der Waals surface area contributed by atoms with Crippen molar-refractivity contribution in [2.45, 2.75) is 20.4 Å². The zero-order chi connectivity index (χ0) is 19.1. The van der Waals surface area contributed by atoms with Crippen molar-refractivity contribution in [1.29, 1.82) is 0 Å². The predicted molar refractivity (Wildman–Crippen MR) is 105 cm³/mol. The zero-order valence-electron chi connectivity index (χ0n) is 16.4. The number of fused-ring (bicyclic) bond motifs is 3. The van der Waals surface area contributed by atoms with Crippen LogP contribution < -0.4 is 9.64 Å². The van der Waals surface area contributed by atoms with Gasteiger partial charge in [0.2, 0.25) is 0 Å². The number of likely N-dealkylation sites (N-methyl/N-ethyl adjacent to an activating group) is 1. The first-order chi connectivity index (χ1) is 13.0. The number of hydrogen-bond donors (Lipinski definition) is 1. The molecule has 0 saturated carbocycles. The molecule has 0 aliphatic rings. The molecular weight excluding hydrogens is 340 g/mol. The van der Waals surface area contributed by atoms with Gasteiger partial charge in [-0.15, -0.1) is 5.10 Å². The fourth-order valence-corrected chi connectivity index (χ4v) is 3.40. The molecule has 1 aromatic carbocycles. The summed E-state index contributed by atoms with van der Waals surface area (Å²) < 4.78 is 9.30. The minimum atomic E-state index is 0.689. The first-order valence-corrected chi connectivity index (χ1v) is 9.14. The summed E-state index contributed by atoms with van der Waals surface area (Å²) in [5.74, 6) is 1.51. The van der Waals surface area contributed by atoms with Gasteiger partial charge in [-0.3, -0.25) is 0 Å². The molecular formula is C20H25N6O+. The van der Waals surface area contributed by atoms with Crippen LogP contribution in [0, 0.1) is 13.8 Å². The molecule has 4 rings (SSSR count). The van der Waals surface area contributed by atoms with Gasteiger partial charge in [0.25, 0.3) is 0 Å². The molecule has 140 valence electrons. The molecule has 3 heterocycles. The zero-order valence-corrected chi connectivity index (χ0v) is 16.4. The van der Waals surface area contributed by atoms with Crippen LogP contribution in [0.3, 0.4) is 0 Å². The number of hydrogen-bond acceptors (Lipinski definition) is 4. The number of quaternary nitrogens is 1. The summed E-state index contributed by atoms with van der Waals surface area (Å²) in [6.45, 7) is 6.27. The van der Waals surface area contributed by atoms with Gasteiger partial charge in [0.1, 0.15) is 17.7 Å². The number of rotatable bonds is 5. The van der Waals surface area contributed by atoms with Gasteiger partial charge in [-0.25, -0.2) is 14.5 Å². The van der Waals surface area contributed by atoms with Crippen molar-refractivity contribution in [3.63, 3.8) is 0 Å². The molecule has 27 heavy (non-hydrogen) atoms. The van der Waals surface area contributed by atoms with E-state index < -0.39 is 0 Å². The number of benzene rings is 1. The highest BCUT2D eigenvalue weighted by Gasteiger charge is 2.18. The number of aryl methyl sites for hydroxylation is 1. The largest absolute Gasteiger partial charge is 0.497 e. The average molecular weight is 365 g/mol. The third kappa shape index (κ3) is 2.94. The summed E-state index contributed by atoms with van der Waals surface area (Å²) in [7, 11) is 5.99. The van der Waals surface area contributed by atoms with E-state index in [4.69, 9.17) is 14.7 Å². The normalized spacial score (nSPS) is 11.8. The molecule has 7 heteroatoms. The van der Waals surface area contributed by atoms with E-state index in [0.29, 0.717) is 5.82 Å². The Labute approximate surface area is 158 Å². The van der Waals surface area contributed by atoms with E-state index in [1.165, 1.54) is 16.2 Å². The molecule has 0 aliphatic heterocycles. The summed E-state index contributed by atoms with van der Waals surface area (Å²) in [5.41, 5.74) is 5.24. The predicted octanol–water partition coefficient (Wildman–Crippen LogP) is 1.52. The number of methoxy groups -OCH3 is 1. The molecule has 0 radical (unpaired) electrons. The second-order valence-electron chi connectivity index (χ2n) is 7.19. The molecule has 0 fully saturated rings. The highest BCUT2D eigenvalue weighted by molar-refractivity contribution is 5.94. The molecule has 0 atom stereocenters. The van der Waals surface area contributed by atoms with Crippen LogP contribution in [0.2, 0.25) is 0 Å². The molecule has 0 amide bonds. The van der Waals surface area contributed by atoms with Gasteiger partial charge >= 0.3 is 0 Å². The van der Waals surface area contributed by atoms with Crippen molar-refractivity contribution in [2.24, 2.45) is 0 Å². The molecule has 0 spiro atoms. The maximum atomic E-state index is 5.23. The maximum absolute atomic E-state index is 5.23. The summed E-state index contributed by atoms with van der Waals surface area (Å²) in [5, 5.41) is 5.71. The molecule has 7 nitrogen and oxygen atoms in total. The molecule has 0 aliphatic carbocycles.